The first-order valence-corrected chi connectivity index (χ1v) is 5.83. The van der Waals surface area contributed by atoms with E-state index in [9.17, 15) is 9.18 Å². The molecule has 2 N–H and O–H groups in total. The highest BCUT2D eigenvalue weighted by molar-refractivity contribution is 5.78. The minimum absolute atomic E-state index is 0.112. The summed E-state index contributed by atoms with van der Waals surface area (Å²) in [5.74, 6) is 0.142. The van der Waals surface area contributed by atoms with Gasteiger partial charge in [-0.3, -0.25) is 4.79 Å². The first kappa shape index (κ1) is 12.0. The molecule has 17 heavy (non-hydrogen) atoms. The van der Waals surface area contributed by atoms with Crippen LogP contribution in [0.4, 0.5) is 4.39 Å². The third-order valence-electron chi connectivity index (χ3n) is 3.24. The molecule has 0 spiro atoms. The van der Waals surface area contributed by atoms with E-state index in [1.54, 1.807) is 17.9 Å². The summed E-state index contributed by atoms with van der Waals surface area (Å²) in [4.78, 5) is 13.4. The summed E-state index contributed by atoms with van der Waals surface area (Å²) in [7, 11) is 0. The van der Waals surface area contributed by atoms with E-state index in [-0.39, 0.29) is 17.6 Å². The number of halogens is 1. The Balaban J connectivity index is 2.06. The topological polar surface area (TPSA) is 46.3 Å². The predicted molar refractivity (Wildman–Crippen MR) is 63.7 cm³/mol. The molecule has 1 aliphatic heterocycles. The summed E-state index contributed by atoms with van der Waals surface area (Å²) in [6, 6.07) is 5.10. The van der Waals surface area contributed by atoms with Crippen LogP contribution in [-0.4, -0.2) is 23.9 Å². The molecule has 1 heterocycles. The average molecular weight is 236 g/mol. The molecule has 1 aromatic rings. The fourth-order valence-electron chi connectivity index (χ4n) is 2.12. The van der Waals surface area contributed by atoms with Gasteiger partial charge in [0.25, 0.3) is 0 Å². The summed E-state index contributed by atoms with van der Waals surface area (Å²) in [5, 5.41) is 0. The lowest BCUT2D eigenvalue weighted by molar-refractivity contribution is -0.128. The number of nitrogens with two attached hydrogens (primary N) is 1. The van der Waals surface area contributed by atoms with Gasteiger partial charge in [0.1, 0.15) is 5.82 Å². The van der Waals surface area contributed by atoms with E-state index >= 15 is 0 Å². The third kappa shape index (κ3) is 2.64. The molecule has 1 aliphatic rings. The van der Waals surface area contributed by atoms with Gasteiger partial charge in [-0.15, -0.1) is 0 Å². The van der Waals surface area contributed by atoms with Crippen molar-refractivity contribution in [3.63, 3.8) is 0 Å². The lowest BCUT2D eigenvalue weighted by Gasteiger charge is -2.16. The van der Waals surface area contributed by atoms with E-state index in [1.807, 2.05) is 6.07 Å². The van der Waals surface area contributed by atoms with Crippen LogP contribution in [0, 0.1) is 18.7 Å². The van der Waals surface area contributed by atoms with E-state index in [4.69, 9.17) is 5.73 Å². The molecule has 2 rings (SSSR count). The highest BCUT2D eigenvalue weighted by Gasteiger charge is 2.28. The van der Waals surface area contributed by atoms with Gasteiger partial charge in [0.05, 0.1) is 0 Å². The fraction of sp³-hybridized carbons (Fsp3) is 0.462. The number of hydrogen-bond acceptors (Lipinski definition) is 2. The first-order valence-electron chi connectivity index (χ1n) is 5.83. The number of nitrogens with zero attached hydrogens (tertiary/aromatic N) is 1. The number of aryl methyl sites for hydroxylation is 1. The van der Waals surface area contributed by atoms with E-state index in [0.717, 1.165) is 5.56 Å². The Morgan fingerprint density at radius 2 is 2.29 bits per heavy atom. The maximum Gasteiger partial charge on any atom is 0.223 e. The Kier molecular flexibility index (Phi) is 3.43. The van der Waals surface area contributed by atoms with Crippen LogP contribution >= 0.6 is 0 Å². The van der Waals surface area contributed by atoms with Gasteiger partial charge in [0.2, 0.25) is 5.91 Å². The molecule has 1 fully saturated rings. The minimum atomic E-state index is -0.218. The van der Waals surface area contributed by atoms with Crippen LogP contribution in [0.15, 0.2) is 18.2 Å². The Hall–Kier alpha value is -1.42. The second-order valence-electron chi connectivity index (χ2n) is 4.66. The van der Waals surface area contributed by atoms with Crippen molar-refractivity contribution in [1.82, 2.24) is 4.90 Å². The normalized spacial score (nSPS) is 20.1. The second-order valence-corrected chi connectivity index (χ2v) is 4.66. The third-order valence-corrected chi connectivity index (χ3v) is 3.24. The summed E-state index contributed by atoms with van der Waals surface area (Å²) in [6.07, 6.45) is 0.519. The zero-order valence-electron chi connectivity index (χ0n) is 9.95. The molecule has 92 valence electrons. The molecule has 1 amide bonds. The number of carbonyl (C=O) groups excluding carboxylic acids is 1. The Morgan fingerprint density at radius 1 is 1.53 bits per heavy atom. The molecule has 0 aromatic heterocycles. The first-order chi connectivity index (χ1) is 8.10. The maximum atomic E-state index is 13.4. The molecule has 0 saturated carbocycles. The van der Waals surface area contributed by atoms with Crippen LogP contribution in [-0.2, 0) is 11.3 Å². The van der Waals surface area contributed by atoms with E-state index in [0.29, 0.717) is 31.6 Å². The molecular weight excluding hydrogens is 219 g/mol. The van der Waals surface area contributed by atoms with Crippen LogP contribution in [0.25, 0.3) is 0 Å². The number of likely N-dealkylation sites (tertiary alicyclic amines) is 1. The van der Waals surface area contributed by atoms with Crippen LogP contribution in [0.2, 0.25) is 0 Å². The Labute approximate surface area is 100 Å². The molecule has 0 radical (unpaired) electrons. The monoisotopic (exact) mass is 236 g/mol. The smallest absolute Gasteiger partial charge is 0.223 e. The van der Waals surface area contributed by atoms with Crippen molar-refractivity contribution in [3.05, 3.63) is 35.1 Å². The van der Waals surface area contributed by atoms with Gasteiger partial charge in [-0.1, -0.05) is 12.1 Å². The van der Waals surface area contributed by atoms with E-state index in [1.165, 1.54) is 6.07 Å². The standard InChI is InChI=1S/C13H17FN2O/c1-9-2-3-10(4-12(9)14)7-16-8-11(6-15)5-13(16)17/h2-4,11H,5-8,15H2,1H3. The Morgan fingerprint density at radius 3 is 2.88 bits per heavy atom. The van der Waals surface area contributed by atoms with Crippen LogP contribution in [0.1, 0.15) is 17.5 Å². The van der Waals surface area contributed by atoms with Gasteiger partial charge in [-0.2, -0.15) is 0 Å². The number of benzene rings is 1. The van der Waals surface area contributed by atoms with Crippen LogP contribution < -0.4 is 5.73 Å². The predicted octanol–water partition coefficient (Wildman–Crippen LogP) is 1.44. The zero-order chi connectivity index (χ0) is 12.4. The number of hydrogen-bond donors (Lipinski definition) is 1. The largest absolute Gasteiger partial charge is 0.338 e. The van der Waals surface area contributed by atoms with Gasteiger partial charge in [-0.25, -0.2) is 4.39 Å². The lowest BCUT2D eigenvalue weighted by atomic mass is 10.1. The number of rotatable bonds is 3. The molecule has 1 saturated heterocycles. The molecule has 0 aliphatic carbocycles. The molecule has 4 heteroatoms. The maximum absolute atomic E-state index is 13.4. The van der Waals surface area contributed by atoms with Crippen molar-refractivity contribution in [3.8, 4) is 0 Å². The lowest BCUT2D eigenvalue weighted by Crippen LogP contribution is -2.25. The van der Waals surface area contributed by atoms with Gasteiger partial charge < -0.3 is 10.6 Å². The molecule has 3 nitrogen and oxygen atoms in total. The number of carbonyl (C=O) groups is 1. The summed E-state index contributed by atoms with van der Waals surface area (Å²) in [5.41, 5.74) is 7.02. The van der Waals surface area contributed by atoms with Gasteiger partial charge in [-0.05, 0) is 36.6 Å². The number of amides is 1. The van der Waals surface area contributed by atoms with Gasteiger partial charge in [0, 0.05) is 19.5 Å². The minimum Gasteiger partial charge on any atom is -0.338 e. The summed E-state index contributed by atoms with van der Waals surface area (Å²) < 4.78 is 13.4. The Bertz CT molecular complexity index is 433. The highest BCUT2D eigenvalue weighted by Crippen LogP contribution is 2.20. The van der Waals surface area contributed by atoms with Crippen LogP contribution in [0.3, 0.4) is 0 Å². The van der Waals surface area contributed by atoms with Crippen molar-refractivity contribution in [2.45, 2.75) is 19.9 Å². The molecular formula is C13H17FN2O. The van der Waals surface area contributed by atoms with Crippen molar-refractivity contribution in [2.24, 2.45) is 11.7 Å². The SMILES string of the molecule is Cc1ccc(CN2CC(CN)CC2=O)cc1F. The van der Waals surface area contributed by atoms with Gasteiger partial charge >= 0.3 is 0 Å². The van der Waals surface area contributed by atoms with Crippen molar-refractivity contribution >= 4 is 5.91 Å². The van der Waals surface area contributed by atoms with Crippen molar-refractivity contribution in [1.29, 1.82) is 0 Å². The molecule has 1 atom stereocenters. The average Bonchev–Trinajstić information content (AvgIpc) is 2.65. The summed E-state index contributed by atoms with van der Waals surface area (Å²) >= 11 is 0. The highest BCUT2D eigenvalue weighted by atomic mass is 19.1. The fourth-order valence-corrected chi connectivity index (χ4v) is 2.12. The van der Waals surface area contributed by atoms with Gasteiger partial charge in [0.15, 0.2) is 0 Å². The summed E-state index contributed by atoms with van der Waals surface area (Å²) in [6.45, 7) is 3.42. The van der Waals surface area contributed by atoms with Crippen molar-refractivity contribution < 1.29 is 9.18 Å². The quantitative estimate of drug-likeness (QED) is 0.863. The zero-order valence-corrected chi connectivity index (χ0v) is 9.95. The second kappa shape index (κ2) is 4.84. The van der Waals surface area contributed by atoms with Crippen LogP contribution in [0.5, 0.6) is 0 Å². The van der Waals surface area contributed by atoms with Crippen molar-refractivity contribution in [2.75, 3.05) is 13.1 Å². The van der Waals surface area contributed by atoms with E-state index in [2.05, 4.69) is 0 Å². The van der Waals surface area contributed by atoms with E-state index < -0.39 is 0 Å². The molecule has 1 aromatic carbocycles. The molecule has 1 unspecified atom stereocenters. The molecule has 0 bridgehead atoms.